The molecule has 0 radical (unpaired) electrons. The molecule has 3 unspecified atom stereocenters. The van der Waals surface area contributed by atoms with Crippen molar-refractivity contribution in [3.05, 3.63) is 34.9 Å². The second-order valence-corrected chi connectivity index (χ2v) is 7.04. The molecule has 100 valence electrons. The van der Waals surface area contributed by atoms with Gasteiger partial charge in [0.25, 0.3) is 0 Å². The zero-order valence-electron chi connectivity index (χ0n) is 11.2. The Hall–Kier alpha value is -0.180. The highest BCUT2D eigenvalue weighted by molar-refractivity contribution is 7.99. The number of rotatable bonds is 5. The number of thioether (sulfide) groups is 1. The topological polar surface area (TPSA) is 12.0 Å². The molecule has 0 spiro atoms. The average Bonchev–Trinajstić information content (AvgIpc) is 2.77. The Morgan fingerprint density at radius 3 is 3.00 bits per heavy atom. The van der Waals surface area contributed by atoms with Gasteiger partial charge in [0, 0.05) is 22.4 Å². The lowest BCUT2D eigenvalue weighted by Gasteiger charge is -2.20. The van der Waals surface area contributed by atoms with Crippen molar-refractivity contribution in [2.75, 3.05) is 5.75 Å². The van der Waals surface area contributed by atoms with Gasteiger partial charge in [0.2, 0.25) is 0 Å². The molecular weight excluding hydrogens is 262 g/mol. The van der Waals surface area contributed by atoms with E-state index in [9.17, 15) is 0 Å². The second kappa shape index (κ2) is 6.83. The molecule has 0 bridgehead atoms. The molecule has 3 heteroatoms. The normalized spacial score (nSPS) is 25.3. The molecule has 1 fully saturated rings. The molecule has 1 aliphatic carbocycles. The molecule has 1 saturated carbocycles. The first-order chi connectivity index (χ1) is 8.69. The smallest absolute Gasteiger partial charge is 0.0409 e. The number of hydrogen-bond acceptors (Lipinski definition) is 2. The summed E-state index contributed by atoms with van der Waals surface area (Å²) in [5, 5.41) is 5.42. The van der Waals surface area contributed by atoms with E-state index in [0.29, 0.717) is 12.1 Å². The first kappa shape index (κ1) is 14.2. The molecule has 0 aliphatic heterocycles. The standard InChI is InChI=1S/C15H22ClNS/c1-3-18-15-8-7-14(10-15)17-11(2)12-5-4-6-13(16)9-12/h4-6,9,11,14-15,17H,3,7-8,10H2,1-2H3. The van der Waals surface area contributed by atoms with E-state index in [4.69, 9.17) is 11.6 Å². The van der Waals surface area contributed by atoms with Crippen LogP contribution >= 0.6 is 23.4 Å². The summed E-state index contributed by atoms with van der Waals surface area (Å²) in [5.41, 5.74) is 1.29. The molecule has 0 heterocycles. The fourth-order valence-corrected chi connectivity index (χ4v) is 4.05. The minimum absolute atomic E-state index is 0.388. The highest BCUT2D eigenvalue weighted by Crippen LogP contribution is 2.31. The van der Waals surface area contributed by atoms with E-state index in [0.717, 1.165) is 10.3 Å². The quantitative estimate of drug-likeness (QED) is 0.843. The van der Waals surface area contributed by atoms with Crippen LogP contribution in [0.4, 0.5) is 0 Å². The Bertz CT molecular complexity index is 383. The Morgan fingerprint density at radius 1 is 1.44 bits per heavy atom. The Labute approximate surface area is 120 Å². The van der Waals surface area contributed by atoms with Crippen LogP contribution in [-0.2, 0) is 0 Å². The van der Waals surface area contributed by atoms with Gasteiger partial charge in [-0.3, -0.25) is 0 Å². The Kier molecular flexibility index (Phi) is 5.40. The summed E-state index contributed by atoms with van der Waals surface area (Å²) < 4.78 is 0. The zero-order valence-corrected chi connectivity index (χ0v) is 12.7. The first-order valence-electron chi connectivity index (χ1n) is 6.82. The molecule has 18 heavy (non-hydrogen) atoms. The third kappa shape index (κ3) is 3.91. The van der Waals surface area contributed by atoms with Gasteiger partial charge in [-0.1, -0.05) is 30.7 Å². The van der Waals surface area contributed by atoms with Crippen LogP contribution in [0.25, 0.3) is 0 Å². The molecule has 0 amide bonds. The van der Waals surface area contributed by atoms with Gasteiger partial charge < -0.3 is 5.32 Å². The molecule has 1 aromatic carbocycles. The lowest BCUT2D eigenvalue weighted by molar-refractivity contribution is 0.462. The minimum Gasteiger partial charge on any atom is -0.307 e. The predicted molar refractivity (Wildman–Crippen MR) is 82.6 cm³/mol. The van der Waals surface area contributed by atoms with Crippen LogP contribution in [0.2, 0.25) is 5.02 Å². The van der Waals surface area contributed by atoms with Crippen LogP contribution < -0.4 is 5.32 Å². The van der Waals surface area contributed by atoms with Crippen molar-refractivity contribution in [1.29, 1.82) is 0 Å². The highest BCUT2D eigenvalue weighted by atomic mass is 35.5. The zero-order chi connectivity index (χ0) is 13.0. The van der Waals surface area contributed by atoms with E-state index in [2.05, 4.69) is 43.1 Å². The third-order valence-corrected chi connectivity index (χ3v) is 5.09. The molecule has 2 rings (SSSR count). The van der Waals surface area contributed by atoms with Gasteiger partial charge in [-0.05, 0) is 49.6 Å². The highest BCUT2D eigenvalue weighted by Gasteiger charge is 2.25. The maximum absolute atomic E-state index is 6.04. The second-order valence-electron chi connectivity index (χ2n) is 5.03. The van der Waals surface area contributed by atoms with Crippen molar-refractivity contribution in [3.8, 4) is 0 Å². The van der Waals surface area contributed by atoms with E-state index < -0.39 is 0 Å². The van der Waals surface area contributed by atoms with Gasteiger partial charge in [-0.2, -0.15) is 11.8 Å². The summed E-state index contributed by atoms with van der Waals surface area (Å²) in [6, 6.07) is 9.23. The van der Waals surface area contributed by atoms with E-state index in [-0.39, 0.29) is 0 Å². The summed E-state index contributed by atoms with van der Waals surface area (Å²) in [5.74, 6) is 1.24. The molecule has 1 N–H and O–H groups in total. The number of hydrogen-bond donors (Lipinski definition) is 1. The Morgan fingerprint density at radius 2 is 2.28 bits per heavy atom. The van der Waals surface area contributed by atoms with Crippen molar-refractivity contribution in [2.24, 2.45) is 0 Å². The van der Waals surface area contributed by atoms with Crippen molar-refractivity contribution in [3.63, 3.8) is 0 Å². The van der Waals surface area contributed by atoms with Crippen LogP contribution in [0.15, 0.2) is 24.3 Å². The molecule has 0 saturated heterocycles. The SMILES string of the molecule is CCSC1CCC(NC(C)c2cccc(Cl)c2)C1. The monoisotopic (exact) mass is 283 g/mol. The number of benzene rings is 1. The number of halogens is 1. The van der Waals surface area contributed by atoms with Gasteiger partial charge in [0.1, 0.15) is 0 Å². The maximum Gasteiger partial charge on any atom is 0.0409 e. The predicted octanol–water partition coefficient (Wildman–Crippen LogP) is 4.66. The molecular formula is C15H22ClNS. The van der Waals surface area contributed by atoms with Crippen LogP contribution in [0.5, 0.6) is 0 Å². The van der Waals surface area contributed by atoms with Gasteiger partial charge in [-0.25, -0.2) is 0 Å². The molecule has 3 atom stereocenters. The van der Waals surface area contributed by atoms with Crippen molar-refractivity contribution in [2.45, 2.75) is 50.4 Å². The van der Waals surface area contributed by atoms with Crippen molar-refractivity contribution >= 4 is 23.4 Å². The van der Waals surface area contributed by atoms with Gasteiger partial charge in [0.05, 0.1) is 0 Å². The largest absolute Gasteiger partial charge is 0.307 e. The fraction of sp³-hybridized carbons (Fsp3) is 0.600. The van der Waals surface area contributed by atoms with E-state index in [1.165, 1.54) is 30.6 Å². The van der Waals surface area contributed by atoms with E-state index >= 15 is 0 Å². The lowest BCUT2D eigenvalue weighted by atomic mass is 10.1. The lowest BCUT2D eigenvalue weighted by Crippen LogP contribution is -2.29. The van der Waals surface area contributed by atoms with Crippen LogP contribution in [-0.4, -0.2) is 17.0 Å². The van der Waals surface area contributed by atoms with Crippen LogP contribution in [0.3, 0.4) is 0 Å². The van der Waals surface area contributed by atoms with Gasteiger partial charge in [0.15, 0.2) is 0 Å². The summed E-state index contributed by atoms with van der Waals surface area (Å²) >= 11 is 8.15. The fourth-order valence-electron chi connectivity index (χ4n) is 2.70. The van der Waals surface area contributed by atoms with Gasteiger partial charge >= 0.3 is 0 Å². The molecule has 0 aromatic heterocycles. The van der Waals surface area contributed by atoms with E-state index in [1.54, 1.807) is 0 Å². The van der Waals surface area contributed by atoms with Gasteiger partial charge in [-0.15, -0.1) is 0 Å². The average molecular weight is 284 g/mol. The summed E-state index contributed by atoms with van der Waals surface area (Å²) in [6.07, 6.45) is 3.98. The van der Waals surface area contributed by atoms with Crippen molar-refractivity contribution in [1.82, 2.24) is 5.32 Å². The third-order valence-electron chi connectivity index (χ3n) is 3.62. The van der Waals surface area contributed by atoms with Crippen LogP contribution in [0, 0.1) is 0 Å². The summed E-state index contributed by atoms with van der Waals surface area (Å²) in [6.45, 7) is 4.48. The number of nitrogens with one attached hydrogen (secondary N) is 1. The van der Waals surface area contributed by atoms with Crippen LogP contribution in [0.1, 0.15) is 44.7 Å². The molecule has 1 aliphatic rings. The summed E-state index contributed by atoms with van der Waals surface area (Å²) in [4.78, 5) is 0. The molecule has 1 nitrogen and oxygen atoms in total. The van der Waals surface area contributed by atoms with Crippen molar-refractivity contribution < 1.29 is 0 Å². The minimum atomic E-state index is 0.388. The Balaban J connectivity index is 1.86. The first-order valence-corrected chi connectivity index (χ1v) is 8.24. The molecule has 1 aromatic rings. The summed E-state index contributed by atoms with van der Waals surface area (Å²) in [7, 11) is 0. The maximum atomic E-state index is 6.04. The van der Waals surface area contributed by atoms with E-state index in [1.807, 2.05) is 12.1 Å².